The normalized spacial score (nSPS) is 10.8. The van der Waals surface area contributed by atoms with Gasteiger partial charge in [-0.1, -0.05) is 41.4 Å². The topological polar surface area (TPSA) is 84.2 Å². The Morgan fingerprint density at radius 1 is 1.16 bits per heavy atom. The first kappa shape index (κ1) is 17.3. The summed E-state index contributed by atoms with van der Waals surface area (Å²) >= 11 is 11.8. The Balaban J connectivity index is 1.87. The average Bonchev–Trinajstić information content (AvgIpc) is 2.58. The lowest BCUT2D eigenvalue weighted by molar-refractivity contribution is -0.255. The van der Waals surface area contributed by atoms with E-state index >= 15 is 0 Å². The maximum Gasteiger partial charge on any atom is 0.274 e. The van der Waals surface area contributed by atoms with E-state index in [1.165, 1.54) is 12.1 Å². The van der Waals surface area contributed by atoms with E-state index in [9.17, 15) is 14.7 Å². The molecule has 6 nitrogen and oxygen atoms in total. The fourth-order valence-corrected chi connectivity index (χ4v) is 2.83. The summed E-state index contributed by atoms with van der Waals surface area (Å²) < 4.78 is 6.55. The van der Waals surface area contributed by atoms with Crippen LogP contribution in [-0.4, -0.2) is 22.4 Å². The first-order valence-corrected chi connectivity index (χ1v) is 8.02. The molecule has 0 aliphatic rings. The van der Waals surface area contributed by atoms with Gasteiger partial charge in [0.05, 0.1) is 22.9 Å². The lowest BCUT2D eigenvalue weighted by Gasteiger charge is -2.12. The third-order valence-corrected chi connectivity index (χ3v) is 4.05. The van der Waals surface area contributed by atoms with E-state index in [1.807, 2.05) is 0 Å². The van der Waals surface area contributed by atoms with Gasteiger partial charge >= 0.3 is 0 Å². The Morgan fingerprint density at radius 3 is 2.56 bits per heavy atom. The van der Waals surface area contributed by atoms with Crippen LogP contribution in [-0.2, 0) is 6.54 Å². The molecule has 0 aliphatic heterocycles. The maximum absolute atomic E-state index is 12.4. The number of halogens is 2. The van der Waals surface area contributed by atoms with Gasteiger partial charge in [-0.2, -0.15) is 5.10 Å². The zero-order valence-electron chi connectivity index (χ0n) is 12.7. The number of carbonyl (C=O) groups excluding carboxylic acids is 1. The predicted molar refractivity (Wildman–Crippen MR) is 92.3 cm³/mol. The lowest BCUT2D eigenvalue weighted by atomic mass is 10.1. The Bertz CT molecular complexity index is 1020. The number of aromatic nitrogens is 2. The SMILES string of the molecule is O=C([O-])c1nn(CCOc2ccc(Cl)cc2Cl)c(=O)c2ccccc12. The Kier molecular flexibility index (Phi) is 4.92. The third kappa shape index (κ3) is 3.60. The van der Waals surface area contributed by atoms with Crippen molar-refractivity contribution < 1.29 is 14.6 Å². The van der Waals surface area contributed by atoms with Gasteiger partial charge in [0.1, 0.15) is 18.1 Å². The highest BCUT2D eigenvalue weighted by atomic mass is 35.5. The molecule has 0 atom stereocenters. The summed E-state index contributed by atoms with van der Waals surface area (Å²) in [4.78, 5) is 23.7. The standard InChI is InChI=1S/C17H12Cl2N2O4/c18-10-5-6-14(13(19)9-10)25-8-7-21-16(22)12-4-2-1-3-11(12)15(20-21)17(23)24/h1-6,9H,7-8H2,(H,23,24)/p-1. The largest absolute Gasteiger partial charge is 0.543 e. The molecule has 3 aromatic rings. The van der Waals surface area contributed by atoms with Crippen LogP contribution >= 0.6 is 23.2 Å². The number of ether oxygens (including phenoxy) is 1. The van der Waals surface area contributed by atoms with Crippen LogP contribution in [0, 0.1) is 0 Å². The fourth-order valence-electron chi connectivity index (χ4n) is 2.37. The smallest absolute Gasteiger partial charge is 0.274 e. The summed E-state index contributed by atoms with van der Waals surface area (Å²) in [6.45, 7) is 0.113. The Labute approximate surface area is 152 Å². The van der Waals surface area contributed by atoms with Crippen LogP contribution in [0.25, 0.3) is 10.8 Å². The monoisotopic (exact) mass is 377 g/mol. The molecule has 0 fully saturated rings. The van der Waals surface area contributed by atoms with Gasteiger partial charge in [-0.15, -0.1) is 0 Å². The zero-order chi connectivity index (χ0) is 18.0. The molecule has 0 unspecified atom stereocenters. The van der Waals surface area contributed by atoms with Crippen molar-refractivity contribution >= 4 is 39.9 Å². The highest BCUT2D eigenvalue weighted by Crippen LogP contribution is 2.27. The van der Waals surface area contributed by atoms with E-state index < -0.39 is 11.5 Å². The van der Waals surface area contributed by atoms with Crippen molar-refractivity contribution in [2.45, 2.75) is 6.54 Å². The lowest BCUT2D eigenvalue weighted by Crippen LogP contribution is -2.32. The predicted octanol–water partition coefficient (Wildman–Crippen LogP) is 2.15. The second-order valence-corrected chi connectivity index (χ2v) is 5.98. The quantitative estimate of drug-likeness (QED) is 0.679. The molecule has 0 saturated carbocycles. The molecule has 3 rings (SSSR count). The van der Waals surface area contributed by atoms with Crippen LogP contribution in [0.2, 0.25) is 10.0 Å². The minimum atomic E-state index is -1.45. The highest BCUT2D eigenvalue weighted by molar-refractivity contribution is 6.35. The van der Waals surface area contributed by atoms with Crippen molar-refractivity contribution in [2.24, 2.45) is 0 Å². The number of carbonyl (C=O) groups is 1. The summed E-state index contributed by atoms with van der Waals surface area (Å²) in [7, 11) is 0. The number of aromatic carboxylic acids is 1. The van der Waals surface area contributed by atoms with Gasteiger partial charge in [0.2, 0.25) is 0 Å². The van der Waals surface area contributed by atoms with Gasteiger partial charge in [-0.3, -0.25) is 4.79 Å². The first-order valence-electron chi connectivity index (χ1n) is 7.26. The van der Waals surface area contributed by atoms with E-state index in [0.717, 1.165) is 4.68 Å². The summed E-state index contributed by atoms with van der Waals surface area (Å²) in [6, 6.07) is 11.1. The molecule has 0 bridgehead atoms. The Morgan fingerprint density at radius 2 is 1.88 bits per heavy atom. The van der Waals surface area contributed by atoms with E-state index in [4.69, 9.17) is 27.9 Å². The minimum absolute atomic E-state index is 0.0445. The van der Waals surface area contributed by atoms with Gasteiger partial charge in [0, 0.05) is 10.4 Å². The molecule has 128 valence electrons. The molecule has 0 aliphatic carbocycles. The second kappa shape index (κ2) is 7.13. The summed E-state index contributed by atoms with van der Waals surface area (Å²) in [5, 5.41) is 16.5. The number of rotatable bonds is 5. The van der Waals surface area contributed by atoms with Crippen molar-refractivity contribution in [2.75, 3.05) is 6.61 Å². The molecular weight excluding hydrogens is 367 g/mol. The van der Waals surface area contributed by atoms with Gasteiger partial charge in [0.15, 0.2) is 0 Å². The number of carboxylic acids is 1. The number of hydrogen-bond donors (Lipinski definition) is 0. The number of benzene rings is 2. The highest BCUT2D eigenvalue weighted by Gasteiger charge is 2.11. The molecule has 2 aromatic carbocycles. The van der Waals surface area contributed by atoms with Crippen molar-refractivity contribution in [1.82, 2.24) is 9.78 Å². The van der Waals surface area contributed by atoms with Crippen LogP contribution in [0.5, 0.6) is 5.75 Å². The molecule has 0 N–H and O–H groups in total. The number of fused-ring (bicyclic) bond motifs is 1. The van der Waals surface area contributed by atoms with Crippen LogP contribution < -0.4 is 15.4 Å². The number of hydrogen-bond acceptors (Lipinski definition) is 5. The summed E-state index contributed by atoms with van der Waals surface area (Å²) in [5.74, 6) is -1.05. The van der Waals surface area contributed by atoms with Crippen molar-refractivity contribution in [3.05, 3.63) is 68.6 Å². The van der Waals surface area contributed by atoms with Gasteiger partial charge in [-0.25, -0.2) is 4.68 Å². The third-order valence-electron chi connectivity index (χ3n) is 3.52. The van der Waals surface area contributed by atoms with Gasteiger partial charge < -0.3 is 14.6 Å². The van der Waals surface area contributed by atoms with Crippen molar-refractivity contribution in [1.29, 1.82) is 0 Å². The summed E-state index contributed by atoms with van der Waals surface area (Å²) in [5.41, 5.74) is -0.703. The molecule has 0 amide bonds. The van der Waals surface area contributed by atoms with Crippen molar-refractivity contribution in [3.8, 4) is 5.75 Å². The van der Waals surface area contributed by atoms with E-state index in [0.29, 0.717) is 15.8 Å². The number of carboxylic acid groups (broad SMARTS) is 1. The van der Waals surface area contributed by atoms with E-state index in [1.54, 1.807) is 30.3 Å². The summed E-state index contributed by atoms with van der Waals surface area (Å²) in [6.07, 6.45) is 0. The number of nitrogens with zero attached hydrogens (tertiary/aromatic N) is 2. The van der Waals surface area contributed by atoms with Crippen LogP contribution in [0.15, 0.2) is 47.3 Å². The molecule has 1 aromatic heterocycles. The van der Waals surface area contributed by atoms with Crippen molar-refractivity contribution in [3.63, 3.8) is 0 Å². The molecule has 25 heavy (non-hydrogen) atoms. The van der Waals surface area contributed by atoms with Crippen LogP contribution in [0.3, 0.4) is 0 Å². The van der Waals surface area contributed by atoms with E-state index in [-0.39, 0.29) is 29.6 Å². The van der Waals surface area contributed by atoms with Crippen LogP contribution in [0.4, 0.5) is 0 Å². The second-order valence-electron chi connectivity index (χ2n) is 5.13. The zero-order valence-corrected chi connectivity index (χ0v) is 14.3. The first-order chi connectivity index (χ1) is 12.0. The maximum atomic E-state index is 12.4. The van der Waals surface area contributed by atoms with Gasteiger partial charge in [0.25, 0.3) is 5.56 Å². The van der Waals surface area contributed by atoms with Crippen LogP contribution in [0.1, 0.15) is 10.5 Å². The van der Waals surface area contributed by atoms with Gasteiger partial charge in [-0.05, 0) is 24.3 Å². The average molecular weight is 378 g/mol. The molecule has 0 spiro atoms. The minimum Gasteiger partial charge on any atom is -0.543 e. The Hall–Kier alpha value is -2.57. The molecule has 1 heterocycles. The fraction of sp³-hybridized carbons (Fsp3) is 0.118. The molecule has 0 radical (unpaired) electrons. The van der Waals surface area contributed by atoms with E-state index in [2.05, 4.69) is 5.10 Å². The molecular formula is C17H11Cl2N2O4-. The molecule has 8 heteroatoms. The molecule has 0 saturated heterocycles.